The average Bonchev–Trinajstić information content (AvgIpc) is 2.16. The van der Waals surface area contributed by atoms with Gasteiger partial charge in [-0.25, -0.2) is 4.98 Å². The van der Waals surface area contributed by atoms with Crippen molar-refractivity contribution in [2.45, 2.75) is 0 Å². The Balaban J connectivity index is 2.80. The van der Waals surface area contributed by atoms with Crippen LogP contribution in [0.15, 0.2) is 30.3 Å². The Kier molecular flexibility index (Phi) is 2.11. The van der Waals surface area contributed by atoms with Crippen LogP contribution in [0.2, 0.25) is 0 Å². The second-order valence-electron chi connectivity index (χ2n) is 3.03. The quantitative estimate of drug-likeness (QED) is 0.527. The van der Waals surface area contributed by atoms with Crippen LogP contribution in [-0.2, 0) is 0 Å². The Bertz CT molecular complexity index is 473. The number of rotatable bonds is 1. The van der Waals surface area contributed by atoms with Gasteiger partial charge in [0.05, 0.1) is 5.52 Å². The van der Waals surface area contributed by atoms with Crippen molar-refractivity contribution in [2.75, 3.05) is 5.73 Å². The summed E-state index contributed by atoms with van der Waals surface area (Å²) in [6.07, 6.45) is 0. The van der Waals surface area contributed by atoms with E-state index in [2.05, 4.69) is 4.98 Å². The minimum Gasteiger partial charge on any atom is -0.423 e. The Morgan fingerprint density at radius 2 is 1.93 bits per heavy atom. The van der Waals surface area contributed by atoms with Crippen molar-refractivity contribution in [3.8, 4) is 0 Å². The number of nitrogens with zero attached hydrogens (tertiary/aromatic N) is 1. The summed E-state index contributed by atoms with van der Waals surface area (Å²) in [4.78, 5) is 4.07. The molecule has 5 heteroatoms. The lowest BCUT2D eigenvalue weighted by atomic mass is 9.78. The molecule has 70 valence electrons. The number of fused-ring (bicyclic) bond motifs is 1. The van der Waals surface area contributed by atoms with Gasteiger partial charge in [0.25, 0.3) is 0 Å². The van der Waals surface area contributed by atoms with E-state index in [4.69, 9.17) is 15.8 Å². The maximum Gasteiger partial charge on any atom is 0.489 e. The Labute approximate surface area is 81.2 Å². The van der Waals surface area contributed by atoms with E-state index >= 15 is 0 Å². The van der Waals surface area contributed by atoms with E-state index in [1.165, 1.54) is 6.07 Å². The van der Waals surface area contributed by atoms with Crippen LogP contribution in [0.25, 0.3) is 10.9 Å². The maximum atomic E-state index is 9.12. The second-order valence-corrected chi connectivity index (χ2v) is 3.03. The highest BCUT2D eigenvalue weighted by Crippen LogP contribution is 2.11. The largest absolute Gasteiger partial charge is 0.489 e. The van der Waals surface area contributed by atoms with E-state index in [-0.39, 0.29) is 5.82 Å². The number of nitrogens with two attached hydrogens (primary N) is 1. The SMILES string of the molecule is Nc1cc(B(O)O)c2ccccc2n1. The number of para-hydroxylation sites is 1. The highest BCUT2D eigenvalue weighted by atomic mass is 16.4. The fourth-order valence-corrected chi connectivity index (χ4v) is 1.44. The number of nitrogen functional groups attached to an aromatic ring is 1. The summed E-state index contributed by atoms with van der Waals surface area (Å²) < 4.78 is 0. The summed E-state index contributed by atoms with van der Waals surface area (Å²) in [6.45, 7) is 0. The molecule has 1 aromatic heterocycles. The number of anilines is 1. The van der Waals surface area contributed by atoms with Gasteiger partial charge in [-0.15, -0.1) is 0 Å². The molecule has 4 N–H and O–H groups in total. The predicted octanol–water partition coefficient (Wildman–Crippen LogP) is -0.503. The normalized spacial score (nSPS) is 10.4. The lowest BCUT2D eigenvalue weighted by Crippen LogP contribution is -2.31. The topological polar surface area (TPSA) is 79.4 Å². The molecule has 4 nitrogen and oxygen atoms in total. The van der Waals surface area contributed by atoms with Crippen LogP contribution in [0.4, 0.5) is 5.82 Å². The first-order chi connectivity index (χ1) is 6.68. The van der Waals surface area contributed by atoms with Gasteiger partial charge < -0.3 is 15.8 Å². The Morgan fingerprint density at radius 1 is 1.21 bits per heavy atom. The lowest BCUT2D eigenvalue weighted by Gasteiger charge is -2.05. The number of aromatic nitrogens is 1. The van der Waals surface area contributed by atoms with Gasteiger partial charge in [-0.05, 0) is 17.6 Å². The maximum absolute atomic E-state index is 9.12. The number of hydrogen-bond donors (Lipinski definition) is 3. The molecule has 0 saturated carbocycles. The molecule has 0 fully saturated rings. The van der Waals surface area contributed by atoms with Gasteiger partial charge in [-0.3, -0.25) is 0 Å². The molecule has 1 heterocycles. The third kappa shape index (κ3) is 1.43. The molecule has 0 aliphatic rings. The van der Waals surface area contributed by atoms with Crippen LogP contribution < -0.4 is 11.2 Å². The van der Waals surface area contributed by atoms with Gasteiger partial charge in [-0.2, -0.15) is 0 Å². The van der Waals surface area contributed by atoms with E-state index in [1.807, 2.05) is 12.1 Å². The molecule has 2 rings (SSSR count). The third-order valence-corrected chi connectivity index (χ3v) is 2.05. The van der Waals surface area contributed by atoms with Gasteiger partial charge in [0.2, 0.25) is 0 Å². The zero-order valence-electron chi connectivity index (χ0n) is 7.38. The molecule has 0 radical (unpaired) electrons. The fraction of sp³-hybridized carbons (Fsp3) is 0. The molecule has 0 bridgehead atoms. The van der Waals surface area contributed by atoms with Crippen LogP contribution in [0, 0.1) is 0 Å². The minimum atomic E-state index is -1.52. The van der Waals surface area contributed by atoms with Crippen LogP contribution in [0.5, 0.6) is 0 Å². The summed E-state index contributed by atoms with van der Waals surface area (Å²) in [6, 6.07) is 8.65. The monoisotopic (exact) mass is 188 g/mol. The average molecular weight is 188 g/mol. The zero-order valence-corrected chi connectivity index (χ0v) is 7.38. The van der Waals surface area contributed by atoms with Gasteiger partial charge in [0.15, 0.2) is 0 Å². The molecule has 0 atom stereocenters. The van der Waals surface area contributed by atoms with Gasteiger partial charge in [0, 0.05) is 5.39 Å². The highest BCUT2D eigenvalue weighted by Gasteiger charge is 2.15. The molecule has 0 amide bonds. The lowest BCUT2D eigenvalue weighted by molar-refractivity contribution is 0.426. The summed E-state index contributed by atoms with van der Waals surface area (Å²) in [7, 11) is -1.52. The number of benzene rings is 1. The van der Waals surface area contributed by atoms with Crippen molar-refractivity contribution in [1.82, 2.24) is 4.98 Å². The zero-order chi connectivity index (χ0) is 10.1. The van der Waals surface area contributed by atoms with Crippen molar-refractivity contribution in [3.05, 3.63) is 30.3 Å². The van der Waals surface area contributed by atoms with Crippen LogP contribution in [-0.4, -0.2) is 22.2 Å². The molecular formula is C9H9BN2O2. The highest BCUT2D eigenvalue weighted by molar-refractivity contribution is 6.62. The first kappa shape index (κ1) is 8.99. The molecule has 14 heavy (non-hydrogen) atoms. The minimum absolute atomic E-state index is 0.284. The van der Waals surface area contributed by atoms with E-state index in [9.17, 15) is 0 Å². The van der Waals surface area contributed by atoms with Crippen molar-refractivity contribution < 1.29 is 10.0 Å². The van der Waals surface area contributed by atoms with Crippen LogP contribution >= 0.6 is 0 Å². The molecule has 2 aromatic rings. The molecular weight excluding hydrogens is 179 g/mol. The third-order valence-electron chi connectivity index (χ3n) is 2.05. The van der Waals surface area contributed by atoms with Crippen LogP contribution in [0.3, 0.4) is 0 Å². The summed E-state index contributed by atoms with van der Waals surface area (Å²) >= 11 is 0. The molecule has 0 aliphatic carbocycles. The first-order valence-corrected chi connectivity index (χ1v) is 4.20. The molecule has 1 aromatic carbocycles. The van der Waals surface area contributed by atoms with E-state index in [0.717, 1.165) is 0 Å². The fourth-order valence-electron chi connectivity index (χ4n) is 1.44. The first-order valence-electron chi connectivity index (χ1n) is 4.20. The Hall–Kier alpha value is -1.59. The van der Waals surface area contributed by atoms with Crippen molar-refractivity contribution >= 4 is 29.3 Å². The molecule has 0 saturated heterocycles. The summed E-state index contributed by atoms with van der Waals surface area (Å²) in [5.74, 6) is 0.284. The van der Waals surface area contributed by atoms with E-state index in [0.29, 0.717) is 16.4 Å². The standard InChI is InChI=1S/C9H9BN2O2/c11-9-5-7(10(13)14)6-3-1-2-4-8(6)12-9/h1-5,13-14H,(H2,11,12). The van der Waals surface area contributed by atoms with Gasteiger partial charge in [-0.1, -0.05) is 18.2 Å². The van der Waals surface area contributed by atoms with E-state index < -0.39 is 7.12 Å². The van der Waals surface area contributed by atoms with Gasteiger partial charge >= 0.3 is 7.12 Å². The number of pyridine rings is 1. The summed E-state index contributed by atoms with van der Waals surface area (Å²) in [5.41, 5.74) is 6.57. The molecule has 0 unspecified atom stereocenters. The van der Waals surface area contributed by atoms with Gasteiger partial charge in [0.1, 0.15) is 5.82 Å². The smallest absolute Gasteiger partial charge is 0.423 e. The van der Waals surface area contributed by atoms with Crippen molar-refractivity contribution in [3.63, 3.8) is 0 Å². The second kappa shape index (κ2) is 3.28. The number of hydrogen-bond acceptors (Lipinski definition) is 4. The van der Waals surface area contributed by atoms with E-state index in [1.54, 1.807) is 12.1 Å². The predicted molar refractivity (Wildman–Crippen MR) is 56.0 cm³/mol. The van der Waals surface area contributed by atoms with Crippen LogP contribution in [0.1, 0.15) is 0 Å². The molecule has 0 aliphatic heterocycles. The Morgan fingerprint density at radius 3 is 2.64 bits per heavy atom. The summed E-state index contributed by atoms with van der Waals surface area (Å²) in [5, 5.41) is 18.9. The molecule has 0 spiro atoms. The van der Waals surface area contributed by atoms with Crippen molar-refractivity contribution in [2.24, 2.45) is 0 Å². The van der Waals surface area contributed by atoms with Crippen molar-refractivity contribution in [1.29, 1.82) is 0 Å².